The number of alkyl halides is 1. The molecular weight excluding hydrogens is 469 g/mol. The van der Waals surface area contributed by atoms with E-state index in [9.17, 15) is 14.3 Å². The number of carbonyl (C=O) groups is 1. The summed E-state index contributed by atoms with van der Waals surface area (Å²) in [6.45, 7) is 6.60. The van der Waals surface area contributed by atoms with Crippen LogP contribution in [0.25, 0.3) is 0 Å². The highest BCUT2D eigenvalue weighted by molar-refractivity contribution is 6.30. The summed E-state index contributed by atoms with van der Waals surface area (Å²) in [6.07, 6.45) is 1.97. The predicted octanol–water partition coefficient (Wildman–Crippen LogP) is 3.54. The monoisotopic (exact) mass is 501 g/mol. The fourth-order valence-corrected chi connectivity index (χ4v) is 5.80. The number of aliphatic hydroxyl groups excluding tert-OH is 1. The molecule has 2 aromatic rings. The maximum absolute atomic E-state index is 13.8. The van der Waals surface area contributed by atoms with Gasteiger partial charge in [-0.1, -0.05) is 30.7 Å². The second kappa shape index (κ2) is 10.4. The molecule has 9 heteroatoms. The molecule has 1 aromatic heterocycles. The van der Waals surface area contributed by atoms with Gasteiger partial charge in [-0.2, -0.15) is 0 Å². The molecule has 2 fully saturated rings. The third-order valence-corrected chi connectivity index (χ3v) is 7.95. The third kappa shape index (κ3) is 5.15. The Labute approximate surface area is 210 Å². The van der Waals surface area contributed by atoms with E-state index < -0.39 is 12.3 Å². The Hall–Kier alpha value is -2.29. The smallest absolute Gasteiger partial charge is 0.231 e. The van der Waals surface area contributed by atoms with E-state index in [1.807, 2.05) is 29.2 Å². The van der Waals surface area contributed by atoms with Crippen LogP contribution in [0.15, 0.2) is 30.6 Å². The Morgan fingerprint density at radius 2 is 1.80 bits per heavy atom. The minimum atomic E-state index is -0.740. The highest BCUT2D eigenvalue weighted by Gasteiger charge is 2.35. The Kier molecular flexibility index (Phi) is 7.23. The number of aromatic nitrogens is 2. The van der Waals surface area contributed by atoms with Crippen molar-refractivity contribution in [3.8, 4) is 0 Å². The number of aliphatic hydroxyl groups is 1. The Morgan fingerprint density at radius 1 is 1.11 bits per heavy atom. The summed E-state index contributed by atoms with van der Waals surface area (Å²) in [7, 11) is 0. The summed E-state index contributed by atoms with van der Waals surface area (Å²) in [4.78, 5) is 29.0. The number of fused-ring (bicyclic) bond motifs is 1. The SMILES string of the molecule is C[C@@H]1C[C@@H](O)c2ncnc(N3CCN(C(=O)[C@H](CN4CCC(F)CC4)c4ccc(Cl)cc4)CC3)c21. The van der Waals surface area contributed by atoms with E-state index in [-0.39, 0.29) is 17.7 Å². The van der Waals surface area contributed by atoms with Gasteiger partial charge >= 0.3 is 0 Å². The number of rotatable bonds is 5. The van der Waals surface area contributed by atoms with Crippen molar-refractivity contribution < 1.29 is 14.3 Å². The standard InChI is InChI=1S/C26H33ClFN5O2/c1-17-14-22(34)24-23(17)25(30-16-29-24)32-10-12-33(13-11-32)26(35)21(18-2-4-19(27)5-3-18)15-31-8-6-20(28)7-9-31/h2-5,16-17,20-22,34H,6-15H2,1H3/t17-,21-,22-/m1/s1. The van der Waals surface area contributed by atoms with Crippen LogP contribution in [0, 0.1) is 0 Å². The van der Waals surface area contributed by atoms with Gasteiger partial charge in [-0.15, -0.1) is 0 Å². The van der Waals surface area contributed by atoms with Crippen molar-refractivity contribution >= 4 is 23.3 Å². The number of piperidine rings is 1. The molecule has 1 N–H and O–H groups in total. The zero-order valence-corrected chi connectivity index (χ0v) is 20.9. The van der Waals surface area contributed by atoms with Crippen LogP contribution in [0.3, 0.4) is 0 Å². The fourth-order valence-electron chi connectivity index (χ4n) is 5.68. The van der Waals surface area contributed by atoms with Gasteiger partial charge in [0.2, 0.25) is 5.91 Å². The van der Waals surface area contributed by atoms with Crippen LogP contribution in [-0.4, -0.2) is 82.8 Å². The molecule has 3 aliphatic rings. The van der Waals surface area contributed by atoms with E-state index in [4.69, 9.17) is 11.6 Å². The van der Waals surface area contributed by atoms with Gasteiger partial charge in [0.05, 0.1) is 17.7 Å². The normalized spacial score (nSPS) is 24.5. The molecule has 3 atom stereocenters. The van der Waals surface area contributed by atoms with Crippen LogP contribution < -0.4 is 4.90 Å². The molecule has 5 rings (SSSR count). The lowest BCUT2D eigenvalue weighted by atomic mass is 9.95. The van der Waals surface area contributed by atoms with Crippen molar-refractivity contribution in [1.29, 1.82) is 0 Å². The summed E-state index contributed by atoms with van der Waals surface area (Å²) >= 11 is 6.11. The first kappa shape index (κ1) is 24.4. The average molecular weight is 502 g/mol. The van der Waals surface area contributed by atoms with Crippen molar-refractivity contribution in [1.82, 2.24) is 19.8 Å². The zero-order chi connectivity index (χ0) is 24.5. The topological polar surface area (TPSA) is 72.8 Å². The number of nitrogens with zero attached hydrogens (tertiary/aromatic N) is 5. The summed E-state index contributed by atoms with van der Waals surface area (Å²) in [6, 6.07) is 7.52. The van der Waals surface area contributed by atoms with Crippen LogP contribution in [0.5, 0.6) is 0 Å². The third-order valence-electron chi connectivity index (χ3n) is 7.70. The van der Waals surface area contributed by atoms with Crippen molar-refractivity contribution in [2.45, 2.75) is 50.3 Å². The summed E-state index contributed by atoms with van der Waals surface area (Å²) in [5.41, 5.74) is 2.72. The van der Waals surface area contributed by atoms with Crippen LogP contribution in [0.2, 0.25) is 5.02 Å². The van der Waals surface area contributed by atoms with Gasteiger partial charge in [-0.05, 0) is 42.9 Å². The molecule has 1 amide bonds. The van der Waals surface area contributed by atoms with E-state index in [1.165, 1.54) is 6.33 Å². The second-order valence-electron chi connectivity index (χ2n) is 10.0. The molecule has 1 aromatic carbocycles. The van der Waals surface area contributed by atoms with Crippen LogP contribution >= 0.6 is 11.6 Å². The number of carbonyl (C=O) groups excluding carboxylic acids is 1. The Morgan fingerprint density at radius 3 is 2.49 bits per heavy atom. The van der Waals surface area contributed by atoms with Crippen molar-refractivity contribution in [3.63, 3.8) is 0 Å². The molecule has 3 heterocycles. The van der Waals surface area contributed by atoms with E-state index >= 15 is 0 Å². The fraction of sp³-hybridized carbons (Fsp3) is 0.577. The second-order valence-corrected chi connectivity index (χ2v) is 10.5. The maximum atomic E-state index is 13.8. The molecule has 0 spiro atoms. The van der Waals surface area contributed by atoms with E-state index in [1.54, 1.807) is 0 Å². The number of halogens is 2. The highest BCUT2D eigenvalue weighted by Crippen LogP contribution is 2.42. The Balaban J connectivity index is 1.29. The number of amides is 1. The molecular formula is C26H33ClFN5O2. The van der Waals surface area contributed by atoms with E-state index in [0.717, 1.165) is 22.6 Å². The van der Waals surface area contributed by atoms with Gasteiger partial charge in [-0.25, -0.2) is 14.4 Å². The van der Waals surface area contributed by atoms with Gasteiger partial charge in [0.15, 0.2) is 0 Å². The molecule has 0 unspecified atom stereocenters. The molecule has 2 aliphatic heterocycles. The number of hydrogen-bond acceptors (Lipinski definition) is 6. The summed E-state index contributed by atoms with van der Waals surface area (Å²) < 4.78 is 13.7. The number of anilines is 1. The zero-order valence-electron chi connectivity index (χ0n) is 20.1. The summed E-state index contributed by atoms with van der Waals surface area (Å²) in [5, 5.41) is 11.0. The van der Waals surface area contributed by atoms with Crippen LogP contribution in [0.4, 0.5) is 10.2 Å². The first-order valence-electron chi connectivity index (χ1n) is 12.6. The van der Waals surface area contributed by atoms with E-state index in [0.29, 0.717) is 70.1 Å². The quantitative estimate of drug-likeness (QED) is 0.675. The number of piperazine rings is 1. The number of benzene rings is 1. The molecule has 0 saturated carbocycles. The van der Waals surface area contributed by atoms with E-state index in [2.05, 4.69) is 26.7 Å². The van der Waals surface area contributed by atoms with Gasteiger partial charge in [0, 0.05) is 56.4 Å². The number of likely N-dealkylation sites (tertiary alicyclic amines) is 1. The van der Waals surface area contributed by atoms with Crippen molar-refractivity contribution in [3.05, 3.63) is 52.4 Å². The molecule has 0 bridgehead atoms. The minimum Gasteiger partial charge on any atom is -0.387 e. The lowest BCUT2D eigenvalue weighted by Crippen LogP contribution is -2.52. The maximum Gasteiger partial charge on any atom is 0.231 e. The van der Waals surface area contributed by atoms with Crippen molar-refractivity contribution in [2.24, 2.45) is 0 Å². The minimum absolute atomic E-state index is 0.103. The lowest BCUT2D eigenvalue weighted by Gasteiger charge is -2.39. The molecule has 1 aliphatic carbocycles. The molecule has 188 valence electrons. The lowest BCUT2D eigenvalue weighted by molar-refractivity contribution is -0.133. The van der Waals surface area contributed by atoms with Crippen molar-refractivity contribution in [2.75, 3.05) is 50.7 Å². The first-order chi connectivity index (χ1) is 16.9. The first-order valence-corrected chi connectivity index (χ1v) is 13.0. The van der Waals surface area contributed by atoms with Gasteiger partial charge in [0.1, 0.15) is 18.3 Å². The van der Waals surface area contributed by atoms with Gasteiger partial charge in [0.25, 0.3) is 0 Å². The molecule has 2 saturated heterocycles. The summed E-state index contributed by atoms with van der Waals surface area (Å²) in [5.74, 6) is 0.882. The molecule has 0 radical (unpaired) electrons. The average Bonchev–Trinajstić information content (AvgIpc) is 3.17. The molecule has 35 heavy (non-hydrogen) atoms. The predicted molar refractivity (Wildman–Crippen MR) is 134 cm³/mol. The Bertz CT molecular complexity index is 1040. The number of hydrogen-bond donors (Lipinski definition) is 1. The highest BCUT2D eigenvalue weighted by atomic mass is 35.5. The van der Waals surface area contributed by atoms with Crippen LogP contribution in [-0.2, 0) is 4.79 Å². The van der Waals surface area contributed by atoms with Gasteiger partial charge in [-0.3, -0.25) is 4.79 Å². The largest absolute Gasteiger partial charge is 0.387 e. The molecule has 7 nitrogen and oxygen atoms in total. The van der Waals surface area contributed by atoms with Gasteiger partial charge < -0.3 is 19.8 Å². The van der Waals surface area contributed by atoms with Crippen LogP contribution in [0.1, 0.15) is 60.9 Å².